The molecule has 2 aromatic rings. The Morgan fingerprint density at radius 3 is 2.93 bits per heavy atom. The summed E-state index contributed by atoms with van der Waals surface area (Å²) in [5, 5.41) is 3.64. The van der Waals surface area contributed by atoms with Crippen LogP contribution in [0.25, 0.3) is 0 Å². The Morgan fingerprint density at radius 1 is 1.22 bits per heavy atom. The van der Waals surface area contributed by atoms with Crippen molar-refractivity contribution in [3.05, 3.63) is 61.8 Å². The summed E-state index contributed by atoms with van der Waals surface area (Å²) in [6, 6.07) is 8.35. The number of hydrogen-bond acceptors (Lipinski definition) is 5. The summed E-state index contributed by atoms with van der Waals surface area (Å²) in [4.78, 5) is 26.3. The van der Waals surface area contributed by atoms with E-state index in [1.807, 2.05) is 0 Å². The smallest absolute Gasteiger partial charge is 0.332 e. The third-order valence-electron chi connectivity index (χ3n) is 5.73. The number of fused-ring (bicyclic) bond motifs is 1. The number of ether oxygens (including phenoxy) is 1. The number of hydrogen-bond donors (Lipinski definition) is 1. The molecule has 7 nitrogen and oxygen atoms in total. The van der Waals surface area contributed by atoms with E-state index in [0.29, 0.717) is 18.5 Å². The molecular formula is C20H26N4O3. The van der Waals surface area contributed by atoms with Gasteiger partial charge in [-0.25, -0.2) is 4.79 Å². The Bertz CT molecular complexity index is 963. The van der Waals surface area contributed by atoms with Gasteiger partial charge in [-0.2, -0.15) is 0 Å². The molecule has 1 N–H and O–H groups in total. The lowest BCUT2D eigenvalue weighted by molar-refractivity contribution is 0.110. The highest BCUT2D eigenvalue weighted by Gasteiger charge is 2.25. The van der Waals surface area contributed by atoms with E-state index in [1.54, 1.807) is 17.7 Å². The zero-order valence-corrected chi connectivity index (χ0v) is 15.9. The van der Waals surface area contributed by atoms with Gasteiger partial charge in [-0.3, -0.25) is 13.9 Å². The van der Waals surface area contributed by atoms with E-state index in [1.165, 1.54) is 23.7 Å². The van der Waals surface area contributed by atoms with Gasteiger partial charge in [0.05, 0.1) is 13.2 Å². The van der Waals surface area contributed by atoms with Crippen LogP contribution in [0.3, 0.4) is 0 Å². The molecule has 1 fully saturated rings. The molecule has 27 heavy (non-hydrogen) atoms. The van der Waals surface area contributed by atoms with E-state index >= 15 is 0 Å². The first-order chi connectivity index (χ1) is 13.0. The fourth-order valence-corrected chi connectivity index (χ4v) is 4.04. The van der Waals surface area contributed by atoms with Crippen molar-refractivity contribution in [1.29, 1.82) is 0 Å². The number of nitrogens with one attached hydrogen (secondary N) is 1. The highest BCUT2D eigenvalue weighted by Crippen LogP contribution is 2.22. The summed E-state index contributed by atoms with van der Waals surface area (Å²) in [6.45, 7) is 3.91. The molecule has 1 saturated heterocycles. The Kier molecular flexibility index (Phi) is 4.88. The van der Waals surface area contributed by atoms with Gasteiger partial charge in [0.1, 0.15) is 5.82 Å². The number of benzene rings is 1. The van der Waals surface area contributed by atoms with Crippen molar-refractivity contribution in [3.63, 3.8) is 0 Å². The molecule has 0 amide bonds. The van der Waals surface area contributed by atoms with E-state index < -0.39 is 0 Å². The summed E-state index contributed by atoms with van der Waals surface area (Å²) in [5.41, 5.74) is 3.46. The minimum absolute atomic E-state index is 0.263. The predicted molar refractivity (Wildman–Crippen MR) is 104 cm³/mol. The van der Waals surface area contributed by atoms with Crippen LogP contribution in [0.2, 0.25) is 0 Å². The molecule has 0 spiro atoms. The minimum Gasteiger partial charge on any atom is -0.376 e. The average Bonchev–Trinajstić information content (AvgIpc) is 3.16. The third kappa shape index (κ3) is 3.44. The molecule has 7 heteroatoms. The summed E-state index contributed by atoms with van der Waals surface area (Å²) >= 11 is 0. The van der Waals surface area contributed by atoms with E-state index in [2.05, 4.69) is 28.4 Å². The second-order valence-electron chi connectivity index (χ2n) is 7.41. The standard InChI is InChI=1S/C20H26N4O3/c1-22-18(10-19(25)23(2)20(22)26)24-8-6-16(12-24)21-11-15-5-3-4-14-7-9-27-13-17(14)15/h3-5,10,16,21H,6-9,11-13H2,1-2H3/t16-/m1/s1. The van der Waals surface area contributed by atoms with E-state index in [-0.39, 0.29) is 11.2 Å². The van der Waals surface area contributed by atoms with E-state index in [4.69, 9.17) is 4.74 Å². The van der Waals surface area contributed by atoms with E-state index in [9.17, 15) is 9.59 Å². The van der Waals surface area contributed by atoms with Crippen LogP contribution in [-0.4, -0.2) is 34.9 Å². The van der Waals surface area contributed by atoms with Crippen molar-refractivity contribution < 1.29 is 4.74 Å². The van der Waals surface area contributed by atoms with Gasteiger partial charge in [-0.05, 0) is 29.5 Å². The van der Waals surface area contributed by atoms with Crippen LogP contribution in [0, 0.1) is 0 Å². The first-order valence-electron chi connectivity index (χ1n) is 9.47. The van der Waals surface area contributed by atoms with Crippen LogP contribution < -0.4 is 21.5 Å². The molecule has 0 bridgehead atoms. The minimum atomic E-state index is -0.287. The van der Waals surface area contributed by atoms with Crippen LogP contribution in [-0.2, 0) is 38.4 Å². The van der Waals surface area contributed by atoms with Crippen molar-refractivity contribution in [3.8, 4) is 0 Å². The molecule has 0 radical (unpaired) electrons. The molecule has 1 aromatic heterocycles. The molecular weight excluding hydrogens is 344 g/mol. The Balaban J connectivity index is 1.44. The summed E-state index contributed by atoms with van der Waals surface area (Å²) in [6.07, 6.45) is 1.96. The average molecular weight is 370 g/mol. The highest BCUT2D eigenvalue weighted by molar-refractivity contribution is 5.40. The SMILES string of the molecule is Cn1c(N2CC[C@@H](NCc3cccc4c3COCC4)C2)cc(=O)n(C)c1=O. The summed E-state index contributed by atoms with van der Waals surface area (Å²) in [7, 11) is 3.22. The topological polar surface area (TPSA) is 68.5 Å². The van der Waals surface area contributed by atoms with Crippen molar-refractivity contribution >= 4 is 5.82 Å². The second-order valence-corrected chi connectivity index (χ2v) is 7.41. The Labute approximate surface area is 158 Å². The lowest BCUT2D eigenvalue weighted by Gasteiger charge is -2.23. The second kappa shape index (κ2) is 7.32. The maximum atomic E-state index is 12.2. The Morgan fingerprint density at radius 2 is 2.07 bits per heavy atom. The van der Waals surface area contributed by atoms with Gasteiger partial charge in [0.2, 0.25) is 0 Å². The van der Waals surface area contributed by atoms with Crippen LogP contribution in [0.4, 0.5) is 5.82 Å². The molecule has 2 aliphatic heterocycles. The number of rotatable bonds is 4. The maximum Gasteiger partial charge on any atom is 0.332 e. The van der Waals surface area contributed by atoms with Gasteiger partial charge >= 0.3 is 5.69 Å². The van der Waals surface area contributed by atoms with E-state index in [0.717, 1.165) is 43.6 Å². The monoisotopic (exact) mass is 370 g/mol. The summed E-state index contributed by atoms with van der Waals surface area (Å²) in [5.74, 6) is 0.692. The molecule has 0 unspecified atom stereocenters. The molecule has 1 atom stereocenters. The fraction of sp³-hybridized carbons (Fsp3) is 0.500. The lowest BCUT2D eigenvalue weighted by atomic mass is 9.97. The normalized spacial score (nSPS) is 19.3. The lowest BCUT2D eigenvalue weighted by Crippen LogP contribution is -2.40. The maximum absolute atomic E-state index is 12.2. The predicted octanol–water partition coefficient (Wildman–Crippen LogP) is 0.525. The van der Waals surface area contributed by atoms with Crippen LogP contribution >= 0.6 is 0 Å². The molecule has 1 aromatic carbocycles. The van der Waals surface area contributed by atoms with Crippen LogP contribution in [0.15, 0.2) is 33.9 Å². The highest BCUT2D eigenvalue weighted by atomic mass is 16.5. The first kappa shape index (κ1) is 18.0. The van der Waals surface area contributed by atoms with Gasteiger partial charge in [-0.15, -0.1) is 0 Å². The molecule has 4 rings (SSSR count). The van der Waals surface area contributed by atoms with Crippen LogP contribution in [0.1, 0.15) is 23.1 Å². The van der Waals surface area contributed by atoms with Crippen molar-refractivity contribution in [2.24, 2.45) is 14.1 Å². The van der Waals surface area contributed by atoms with Gasteiger partial charge in [0.15, 0.2) is 0 Å². The molecule has 144 valence electrons. The molecule has 2 aliphatic rings. The number of aromatic nitrogens is 2. The van der Waals surface area contributed by atoms with Crippen molar-refractivity contribution in [2.75, 3.05) is 24.6 Å². The van der Waals surface area contributed by atoms with Gasteiger partial charge < -0.3 is 15.0 Å². The quantitative estimate of drug-likeness (QED) is 0.850. The van der Waals surface area contributed by atoms with Gasteiger partial charge in [0, 0.05) is 45.8 Å². The Hall–Kier alpha value is -2.38. The zero-order valence-electron chi connectivity index (χ0n) is 15.9. The molecule has 0 saturated carbocycles. The molecule has 0 aliphatic carbocycles. The van der Waals surface area contributed by atoms with Crippen molar-refractivity contribution in [2.45, 2.75) is 32.0 Å². The first-order valence-corrected chi connectivity index (χ1v) is 9.47. The summed E-state index contributed by atoms with van der Waals surface area (Å²) < 4.78 is 8.31. The van der Waals surface area contributed by atoms with Gasteiger partial charge in [-0.1, -0.05) is 18.2 Å². The van der Waals surface area contributed by atoms with Crippen molar-refractivity contribution in [1.82, 2.24) is 14.5 Å². The van der Waals surface area contributed by atoms with Crippen LogP contribution in [0.5, 0.6) is 0 Å². The largest absolute Gasteiger partial charge is 0.376 e. The zero-order chi connectivity index (χ0) is 19.0. The third-order valence-corrected chi connectivity index (χ3v) is 5.73. The molecule has 3 heterocycles. The van der Waals surface area contributed by atoms with Gasteiger partial charge in [0.25, 0.3) is 5.56 Å². The fourth-order valence-electron chi connectivity index (χ4n) is 4.04. The number of nitrogens with zero attached hydrogens (tertiary/aromatic N) is 3. The number of anilines is 1.